The van der Waals surface area contributed by atoms with Crippen LogP contribution in [0.2, 0.25) is 0 Å². The highest BCUT2D eigenvalue weighted by Gasteiger charge is 2.14. The van der Waals surface area contributed by atoms with E-state index >= 15 is 0 Å². The molecule has 0 bridgehead atoms. The maximum Gasteiger partial charge on any atom is 0.226 e. The topological polar surface area (TPSA) is 85.8 Å². The summed E-state index contributed by atoms with van der Waals surface area (Å²) in [7, 11) is 0. The van der Waals surface area contributed by atoms with Crippen molar-refractivity contribution in [3.63, 3.8) is 0 Å². The molecule has 6 rings (SSSR count). The summed E-state index contributed by atoms with van der Waals surface area (Å²) in [5, 5.41) is 9.17. The van der Waals surface area contributed by atoms with E-state index in [1.807, 2.05) is 67.6 Å². The minimum atomic E-state index is 0.552. The highest BCUT2D eigenvalue weighted by Crippen LogP contribution is 2.22. The largest absolute Gasteiger partial charge is 0.348 e. The van der Waals surface area contributed by atoms with Crippen LogP contribution in [0.15, 0.2) is 72.9 Å². The van der Waals surface area contributed by atoms with Gasteiger partial charge in [0.05, 0.1) is 28.8 Å². The fourth-order valence-corrected chi connectivity index (χ4v) is 4.18. The third-order valence-electron chi connectivity index (χ3n) is 5.78. The van der Waals surface area contributed by atoms with E-state index in [1.54, 1.807) is 10.7 Å². The van der Waals surface area contributed by atoms with Crippen LogP contribution < -0.4 is 5.32 Å². The van der Waals surface area contributed by atoms with Crippen molar-refractivity contribution in [2.75, 3.05) is 5.32 Å². The number of imidazole rings is 1. The van der Waals surface area contributed by atoms with Gasteiger partial charge in [-0.1, -0.05) is 30.3 Å². The van der Waals surface area contributed by atoms with Crippen LogP contribution in [0.4, 0.5) is 5.95 Å². The summed E-state index contributed by atoms with van der Waals surface area (Å²) in [5.41, 5.74) is 4.75. The van der Waals surface area contributed by atoms with Gasteiger partial charge in [0.15, 0.2) is 11.5 Å². The predicted molar refractivity (Wildman–Crippen MR) is 128 cm³/mol. The highest BCUT2D eigenvalue weighted by atomic mass is 15.4. The molecule has 0 atom stereocenters. The quantitative estimate of drug-likeness (QED) is 0.423. The van der Waals surface area contributed by atoms with Crippen molar-refractivity contribution >= 4 is 33.5 Å². The van der Waals surface area contributed by atoms with Crippen molar-refractivity contribution < 1.29 is 0 Å². The van der Waals surface area contributed by atoms with E-state index in [1.165, 1.54) is 0 Å². The van der Waals surface area contributed by atoms with Crippen molar-refractivity contribution in [3.8, 4) is 0 Å². The van der Waals surface area contributed by atoms with Crippen LogP contribution in [-0.4, -0.2) is 34.1 Å². The Bertz CT molecular complexity index is 1580. The predicted octanol–water partition coefficient (Wildman–Crippen LogP) is 4.19. The van der Waals surface area contributed by atoms with E-state index < -0.39 is 0 Å². The summed E-state index contributed by atoms with van der Waals surface area (Å²) < 4.78 is 4.02. The van der Waals surface area contributed by atoms with Gasteiger partial charge in [-0.3, -0.25) is 4.98 Å². The number of fused-ring (bicyclic) bond motifs is 4. The zero-order valence-corrected chi connectivity index (χ0v) is 18.2. The maximum absolute atomic E-state index is 4.89. The number of rotatable bonds is 6. The number of benzene rings is 2. The van der Waals surface area contributed by atoms with Gasteiger partial charge in [-0.25, -0.2) is 15.0 Å². The summed E-state index contributed by atoms with van der Waals surface area (Å²) in [6, 6.07) is 22.1. The second-order valence-electron chi connectivity index (χ2n) is 7.94. The Labute approximate surface area is 190 Å². The average Bonchev–Trinajstić information content (AvgIpc) is 3.42. The summed E-state index contributed by atoms with van der Waals surface area (Å²) in [5.74, 6) is 2.41. The molecule has 6 aromatic rings. The first-order valence-corrected chi connectivity index (χ1v) is 11.0. The first kappa shape index (κ1) is 19.4. The second kappa shape index (κ2) is 7.98. The standard InChI is InChI=1S/C25H22N8/c1-17-28-21-11-4-5-12-22(21)32(17)15-13-23-30-24-19-9-2-3-10-20(19)29-25(33(24)31-23)27-16-18-8-6-7-14-26-18/h2-12,14H,13,15-16H2,1H3,(H,27,29). The molecule has 0 aliphatic rings. The maximum atomic E-state index is 4.89. The third-order valence-corrected chi connectivity index (χ3v) is 5.78. The fourth-order valence-electron chi connectivity index (χ4n) is 4.18. The van der Waals surface area contributed by atoms with Crippen LogP contribution in [0.1, 0.15) is 17.3 Å². The molecule has 0 unspecified atom stereocenters. The number of aromatic nitrogens is 7. The van der Waals surface area contributed by atoms with Crippen LogP contribution in [-0.2, 0) is 19.5 Å². The van der Waals surface area contributed by atoms with E-state index in [2.05, 4.69) is 25.9 Å². The molecular formula is C25H22N8. The SMILES string of the molecule is Cc1nc2ccccc2n1CCc1nc2c3ccccc3nc(NCc3ccccn3)n2n1. The van der Waals surface area contributed by atoms with Crippen molar-refractivity contribution in [2.24, 2.45) is 0 Å². The number of nitrogens with one attached hydrogen (secondary N) is 1. The van der Waals surface area contributed by atoms with Crippen LogP contribution in [0.25, 0.3) is 27.6 Å². The molecule has 0 aliphatic heterocycles. The molecule has 33 heavy (non-hydrogen) atoms. The summed E-state index contributed by atoms with van der Waals surface area (Å²) in [6.45, 7) is 3.34. The smallest absolute Gasteiger partial charge is 0.226 e. The Morgan fingerprint density at radius 1 is 0.848 bits per heavy atom. The monoisotopic (exact) mass is 434 g/mol. The van der Waals surface area contributed by atoms with E-state index in [-0.39, 0.29) is 0 Å². The van der Waals surface area contributed by atoms with Crippen LogP contribution >= 0.6 is 0 Å². The number of anilines is 1. The van der Waals surface area contributed by atoms with E-state index in [0.717, 1.165) is 51.5 Å². The molecule has 4 aromatic heterocycles. The van der Waals surface area contributed by atoms with Gasteiger partial charge in [-0.2, -0.15) is 4.52 Å². The Morgan fingerprint density at radius 3 is 2.55 bits per heavy atom. The molecule has 2 aromatic carbocycles. The molecular weight excluding hydrogens is 412 g/mol. The molecule has 0 saturated carbocycles. The van der Waals surface area contributed by atoms with Gasteiger partial charge in [-0.15, -0.1) is 5.10 Å². The van der Waals surface area contributed by atoms with Crippen LogP contribution in [0.3, 0.4) is 0 Å². The summed E-state index contributed by atoms with van der Waals surface area (Å²) >= 11 is 0. The number of nitrogens with zero attached hydrogens (tertiary/aromatic N) is 7. The molecule has 0 radical (unpaired) electrons. The second-order valence-corrected chi connectivity index (χ2v) is 7.94. The Balaban J connectivity index is 1.36. The van der Waals surface area contributed by atoms with Gasteiger partial charge in [0, 0.05) is 24.5 Å². The van der Waals surface area contributed by atoms with Crippen LogP contribution in [0.5, 0.6) is 0 Å². The number of hydrogen-bond acceptors (Lipinski definition) is 6. The zero-order chi connectivity index (χ0) is 22.2. The molecule has 4 heterocycles. The van der Waals surface area contributed by atoms with Gasteiger partial charge in [-0.05, 0) is 43.3 Å². The van der Waals surface area contributed by atoms with Gasteiger partial charge in [0.25, 0.3) is 0 Å². The number of aryl methyl sites for hydroxylation is 3. The zero-order valence-electron chi connectivity index (χ0n) is 18.2. The first-order chi connectivity index (χ1) is 16.3. The van der Waals surface area contributed by atoms with E-state index in [4.69, 9.17) is 15.1 Å². The van der Waals surface area contributed by atoms with E-state index in [0.29, 0.717) is 18.9 Å². The summed E-state index contributed by atoms with van der Waals surface area (Å²) in [6.07, 6.45) is 2.48. The normalized spacial score (nSPS) is 11.5. The highest BCUT2D eigenvalue weighted by molar-refractivity contribution is 5.92. The van der Waals surface area contributed by atoms with Gasteiger partial charge in [0.2, 0.25) is 5.95 Å². The van der Waals surface area contributed by atoms with Crippen molar-refractivity contribution in [1.82, 2.24) is 34.1 Å². The lowest BCUT2D eigenvalue weighted by Crippen LogP contribution is -2.09. The summed E-state index contributed by atoms with van der Waals surface area (Å²) in [4.78, 5) is 18.7. The molecule has 162 valence electrons. The number of para-hydroxylation sites is 3. The molecule has 0 spiro atoms. The van der Waals surface area contributed by atoms with Crippen molar-refractivity contribution in [1.29, 1.82) is 0 Å². The molecule has 8 heteroatoms. The van der Waals surface area contributed by atoms with Crippen LogP contribution in [0, 0.1) is 6.92 Å². The Morgan fingerprint density at radius 2 is 1.67 bits per heavy atom. The molecule has 0 aliphatic carbocycles. The molecule has 0 amide bonds. The van der Waals surface area contributed by atoms with Gasteiger partial charge < -0.3 is 9.88 Å². The lowest BCUT2D eigenvalue weighted by molar-refractivity contribution is 0.667. The lowest BCUT2D eigenvalue weighted by Gasteiger charge is -2.08. The average molecular weight is 435 g/mol. The van der Waals surface area contributed by atoms with Crippen molar-refractivity contribution in [3.05, 3.63) is 90.3 Å². The molecule has 0 saturated heterocycles. The number of hydrogen-bond donors (Lipinski definition) is 1. The minimum Gasteiger partial charge on any atom is -0.348 e. The lowest BCUT2D eigenvalue weighted by atomic mass is 10.2. The minimum absolute atomic E-state index is 0.552. The van der Waals surface area contributed by atoms with Gasteiger partial charge >= 0.3 is 0 Å². The van der Waals surface area contributed by atoms with Gasteiger partial charge in [0.1, 0.15) is 5.82 Å². The Kier molecular flexibility index (Phi) is 4.68. The van der Waals surface area contributed by atoms with E-state index in [9.17, 15) is 0 Å². The number of pyridine rings is 1. The fraction of sp³-hybridized carbons (Fsp3) is 0.160. The molecule has 8 nitrogen and oxygen atoms in total. The first-order valence-electron chi connectivity index (χ1n) is 11.0. The molecule has 1 N–H and O–H groups in total. The third kappa shape index (κ3) is 3.55. The molecule has 0 fully saturated rings. The Hall–Kier alpha value is -4.33. The van der Waals surface area contributed by atoms with Crippen molar-refractivity contribution in [2.45, 2.75) is 26.4 Å².